The third-order valence-corrected chi connectivity index (χ3v) is 5.41. The van der Waals surface area contributed by atoms with E-state index in [9.17, 15) is 4.79 Å². The Hall–Kier alpha value is -0.870. The summed E-state index contributed by atoms with van der Waals surface area (Å²) in [6, 6.07) is 7.54. The van der Waals surface area contributed by atoms with Gasteiger partial charge in [-0.3, -0.25) is 9.79 Å². The number of rotatable bonds is 9. The molecule has 2 rings (SSSR count). The highest BCUT2D eigenvalue weighted by Gasteiger charge is 2.36. The van der Waals surface area contributed by atoms with Crippen LogP contribution in [0.4, 0.5) is 5.69 Å². The van der Waals surface area contributed by atoms with Gasteiger partial charge in [0.05, 0.1) is 0 Å². The van der Waals surface area contributed by atoms with Gasteiger partial charge in [0.1, 0.15) is 0 Å². The number of hydrogen-bond acceptors (Lipinski definition) is 3. The Bertz CT molecular complexity index is 606. The number of nitrogens with one attached hydrogen (secondary N) is 3. The summed E-state index contributed by atoms with van der Waals surface area (Å²) in [5.41, 5.74) is 1.12. The van der Waals surface area contributed by atoms with Crippen LogP contribution in [0.2, 0.25) is 0 Å². The van der Waals surface area contributed by atoms with Crippen molar-refractivity contribution in [2.24, 2.45) is 10.4 Å². The summed E-state index contributed by atoms with van der Waals surface area (Å²) in [6.45, 7) is 2.22. The van der Waals surface area contributed by atoms with Crippen molar-refractivity contribution in [3.05, 3.63) is 28.7 Å². The Morgan fingerprint density at radius 2 is 1.96 bits per heavy atom. The van der Waals surface area contributed by atoms with Crippen LogP contribution in [-0.2, 0) is 9.53 Å². The Morgan fingerprint density at radius 1 is 1.26 bits per heavy atom. The van der Waals surface area contributed by atoms with Gasteiger partial charge in [-0.2, -0.15) is 0 Å². The van der Waals surface area contributed by atoms with Crippen molar-refractivity contribution in [1.29, 1.82) is 0 Å². The molecule has 0 spiro atoms. The first-order chi connectivity index (χ1) is 12.6. The third kappa shape index (κ3) is 8.35. The summed E-state index contributed by atoms with van der Waals surface area (Å²) in [7, 11) is 3.50. The van der Waals surface area contributed by atoms with Crippen molar-refractivity contribution in [1.82, 2.24) is 10.6 Å². The summed E-state index contributed by atoms with van der Waals surface area (Å²) in [5.74, 6) is 0.718. The van der Waals surface area contributed by atoms with E-state index in [1.807, 2.05) is 24.3 Å². The third-order valence-electron chi connectivity index (χ3n) is 4.88. The lowest BCUT2D eigenvalue weighted by atomic mass is 9.67. The van der Waals surface area contributed by atoms with Crippen LogP contribution in [0.3, 0.4) is 0 Å². The molecule has 3 N–H and O–H groups in total. The van der Waals surface area contributed by atoms with E-state index in [2.05, 4.69) is 36.9 Å². The second-order valence-corrected chi connectivity index (χ2v) is 7.67. The first-order valence-corrected chi connectivity index (χ1v) is 9.85. The summed E-state index contributed by atoms with van der Waals surface area (Å²) >= 11 is 3.38. The second-order valence-electron chi connectivity index (χ2n) is 6.75. The molecule has 0 unspecified atom stereocenters. The van der Waals surface area contributed by atoms with Crippen LogP contribution in [-0.4, -0.2) is 45.7 Å². The van der Waals surface area contributed by atoms with E-state index < -0.39 is 0 Å². The van der Waals surface area contributed by atoms with Crippen molar-refractivity contribution in [3.8, 4) is 0 Å². The number of anilines is 1. The molecule has 6 nitrogen and oxygen atoms in total. The van der Waals surface area contributed by atoms with E-state index >= 15 is 0 Å². The van der Waals surface area contributed by atoms with Gasteiger partial charge in [0, 0.05) is 50.4 Å². The number of ether oxygens (including phenoxy) is 1. The molecular weight excluding hydrogens is 523 g/mol. The zero-order valence-electron chi connectivity index (χ0n) is 16.0. The molecule has 1 aliphatic carbocycles. The van der Waals surface area contributed by atoms with Crippen LogP contribution in [0.1, 0.15) is 32.1 Å². The number of nitrogens with zero attached hydrogens (tertiary/aromatic N) is 1. The fraction of sp³-hybridized carbons (Fsp3) is 0.579. The largest absolute Gasteiger partial charge is 0.385 e. The van der Waals surface area contributed by atoms with Crippen molar-refractivity contribution in [3.63, 3.8) is 0 Å². The lowest BCUT2D eigenvalue weighted by Gasteiger charge is -2.42. The van der Waals surface area contributed by atoms with Crippen LogP contribution in [0.25, 0.3) is 0 Å². The molecule has 0 atom stereocenters. The van der Waals surface area contributed by atoms with Gasteiger partial charge in [0.15, 0.2) is 5.96 Å². The Balaban J connectivity index is 0.00000364. The number of guanidine groups is 1. The molecule has 1 aromatic carbocycles. The Kier molecular flexibility index (Phi) is 11.2. The number of hydrogen-bond donors (Lipinski definition) is 3. The van der Waals surface area contributed by atoms with E-state index in [0.717, 1.165) is 35.7 Å². The van der Waals surface area contributed by atoms with Crippen molar-refractivity contribution >= 4 is 57.5 Å². The molecule has 0 heterocycles. The van der Waals surface area contributed by atoms with Gasteiger partial charge in [-0.1, -0.05) is 22.4 Å². The van der Waals surface area contributed by atoms with Gasteiger partial charge in [-0.05, 0) is 48.9 Å². The molecule has 0 aliphatic heterocycles. The summed E-state index contributed by atoms with van der Waals surface area (Å²) in [6.07, 6.45) is 5.20. The quantitative estimate of drug-likeness (QED) is 0.248. The predicted octanol–water partition coefficient (Wildman–Crippen LogP) is 3.77. The van der Waals surface area contributed by atoms with Crippen LogP contribution >= 0.6 is 39.9 Å². The summed E-state index contributed by atoms with van der Waals surface area (Å²) < 4.78 is 6.22. The summed E-state index contributed by atoms with van der Waals surface area (Å²) in [4.78, 5) is 16.3. The standard InChI is InChI=1S/C19H29BrN4O2.HI/c1-21-18(23-14-19(9-3-10-19)11-13-26-2)22-12-8-17(25)24-16-6-4-15(20)5-7-16;/h4-7H,3,8-14H2,1-2H3,(H,24,25)(H2,21,22,23);1H. The second kappa shape index (κ2) is 12.6. The number of carbonyl (C=O) groups is 1. The minimum absolute atomic E-state index is 0. The molecule has 0 aromatic heterocycles. The highest BCUT2D eigenvalue weighted by Crippen LogP contribution is 2.43. The maximum atomic E-state index is 12.0. The lowest BCUT2D eigenvalue weighted by molar-refractivity contribution is -0.116. The number of amides is 1. The number of halogens is 2. The van der Waals surface area contributed by atoms with E-state index in [0.29, 0.717) is 18.4 Å². The van der Waals surface area contributed by atoms with Gasteiger partial charge < -0.3 is 20.7 Å². The fourth-order valence-electron chi connectivity index (χ4n) is 3.05. The molecule has 1 amide bonds. The van der Waals surface area contributed by atoms with Gasteiger partial charge in [-0.15, -0.1) is 24.0 Å². The molecule has 8 heteroatoms. The van der Waals surface area contributed by atoms with Crippen LogP contribution in [0.5, 0.6) is 0 Å². The molecule has 1 fully saturated rings. The monoisotopic (exact) mass is 552 g/mol. The van der Waals surface area contributed by atoms with E-state index in [-0.39, 0.29) is 29.9 Å². The minimum atomic E-state index is -0.0224. The van der Waals surface area contributed by atoms with Gasteiger partial charge in [0.2, 0.25) is 5.91 Å². The number of carbonyl (C=O) groups excluding carboxylic acids is 1. The van der Waals surface area contributed by atoms with Crippen LogP contribution in [0, 0.1) is 5.41 Å². The van der Waals surface area contributed by atoms with Crippen LogP contribution < -0.4 is 16.0 Å². The molecular formula is C19H30BrIN4O2. The Labute approximate surface area is 187 Å². The van der Waals surface area contributed by atoms with E-state index in [4.69, 9.17) is 4.74 Å². The SMILES string of the molecule is CN=C(NCCC(=O)Nc1ccc(Br)cc1)NCC1(CCOC)CCC1.I. The smallest absolute Gasteiger partial charge is 0.226 e. The normalized spacial score (nSPS) is 15.3. The maximum absolute atomic E-state index is 12.0. The van der Waals surface area contributed by atoms with Gasteiger partial charge in [-0.25, -0.2) is 0 Å². The summed E-state index contributed by atoms with van der Waals surface area (Å²) in [5, 5.41) is 9.49. The molecule has 1 aliphatic rings. The van der Waals surface area contributed by atoms with Gasteiger partial charge in [0.25, 0.3) is 0 Å². The average Bonchev–Trinajstić information content (AvgIpc) is 2.60. The first kappa shape index (κ1) is 24.2. The van der Waals surface area contributed by atoms with E-state index in [1.54, 1.807) is 14.2 Å². The molecule has 1 saturated carbocycles. The van der Waals surface area contributed by atoms with Crippen molar-refractivity contribution < 1.29 is 9.53 Å². The number of aliphatic imine (C=N–C) groups is 1. The highest BCUT2D eigenvalue weighted by molar-refractivity contribution is 14.0. The van der Waals surface area contributed by atoms with E-state index in [1.165, 1.54) is 19.3 Å². The number of benzene rings is 1. The fourth-order valence-corrected chi connectivity index (χ4v) is 3.32. The van der Waals surface area contributed by atoms with Crippen molar-refractivity contribution in [2.45, 2.75) is 32.1 Å². The average molecular weight is 553 g/mol. The molecule has 0 radical (unpaired) electrons. The van der Waals surface area contributed by atoms with Crippen LogP contribution in [0.15, 0.2) is 33.7 Å². The maximum Gasteiger partial charge on any atom is 0.226 e. The zero-order chi connectivity index (χ0) is 18.8. The molecule has 27 heavy (non-hydrogen) atoms. The predicted molar refractivity (Wildman–Crippen MR) is 125 cm³/mol. The number of methoxy groups -OCH3 is 1. The Morgan fingerprint density at radius 3 is 2.52 bits per heavy atom. The topological polar surface area (TPSA) is 74.8 Å². The zero-order valence-corrected chi connectivity index (χ0v) is 19.9. The molecule has 1 aromatic rings. The molecule has 0 bridgehead atoms. The van der Waals surface area contributed by atoms with Gasteiger partial charge >= 0.3 is 0 Å². The van der Waals surface area contributed by atoms with Crippen molar-refractivity contribution in [2.75, 3.05) is 39.2 Å². The lowest BCUT2D eigenvalue weighted by Crippen LogP contribution is -2.47. The minimum Gasteiger partial charge on any atom is -0.385 e. The molecule has 0 saturated heterocycles. The highest BCUT2D eigenvalue weighted by atomic mass is 127. The molecule has 152 valence electrons. The first-order valence-electron chi connectivity index (χ1n) is 9.06.